The van der Waals surface area contributed by atoms with Crippen LogP contribution in [0, 0.1) is 6.92 Å². The number of nitrogens with one attached hydrogen (secondary N) is 1. The average Bonchev–Trinajstić information content (AvgIpc) is 3.10. The number of nitrogen functional groups attached to an aromatic ring is 1. The second-order valence-corrected chi connectivity index (χ2v) is 8.89. The number of rotatable bonds is 4. The predicted molar refractivity (Wildman–Crippen MR) is 113 cm³/mol. The molecule has 0 aliphatic heterocycles. The minimum atomic E-state index is -0.890. The molecule has 2 heterocycles. The number of aliphatic hydroxyl groups is 2. The van der Waals surface area contributed by atoms with E-state index in [0.717, 1.165) is 37.7 Å². The molecule has 6 nitrogen and oxygen atoms in total. The van der Waals surface area contributed by atoms with Crippen LogP contribution in [-0.2, 0) is 5.60 Å². The number of thiophene rings is 1. The van der Waals surface area contributed by atoms with Crippen molar-refractivity contribution in [2.75, 3.05) is 11.1 Å². The Morgan fingerprint density at radius 3 is 2.68 bits per heavy atom. The fourth-order valence-corrected chi connectivity index (χ4v) is 5.05. The lowest BCUT2D eigenvalue weighted by Gasteiger charge is -2.33. The van der Waals surface area contributed by atoms with E-state index in [9.17, 15) is 10.2 Å². The van der Waals surface area contributed by atoms with Crippen molar-refractivity contribution >= 4 is 33.1 Å². The number of hydrogen-bond donors (Lipinski definition) is 4. The van der Waals surface area contributed by atoms with Gasteiger partial charge < -0.3 is 21.3 Å². The van der Waals surface area contributed by atoms with Crippen LogP contribution in [0.2, 0.25) is 0 Å². The van der Waals surface area contributed by atoms with Gasteiger partial charge >= 0.3 is 0 Å². The summed E-state index contributed by atoms with van der Waals surface area (Å²) < 4.78 is 0. The molecule has 0 saturated heterocycles. The zero-order chi connectivity index (χ0) is 19.9. The summed E-state index contributed by atoms with van der Waals surface area (Å²) >= 11 is 1.50. The maximum Gasteiger partial charge on any atom is 0.138 e. The maximum absolute atomic E-state index is 11.1. The second kappa shape index (κ2) is 7.31. The molecule has 1 aromatic carbocycles. The highest BCUT2D eigenvalue weighted by atomic mass is 32.1. The molecule has 28 heavy (non-hydrogen) atoms. The number of nitrogens with zero attached hydrogens (tertiary/aromatic N) is 2. The highest BCUT2D eigenvalue weighted by Gasteiger charge is 2.36. The van der Waals surface area contributed by atoms with Gasteiger partial charge in [-0.2, -0.15) is 0 Å². The fourth-order valence-electron chi connectivity index (χ4n) is 3.91. The monoisotopic (exact) mass is 398 g/mol. The van der Waals surface area contributed by atoms with Gasteiger partial charge in [0.1, 0.15) is 17.0 Å². The van der Waals surface area contributed by atoms with Crippen molar-refractivity contribution in [2.24, 2.45) is 0 Å². The van der Waals surface area contributed by atoms with Crippen molar-refractivity contribution in [3.63, 3.8) is 0 Å². The molecule has 0 radical (unpaired) electrons. The van der Waals surface area contributed by atoms with Crippen LogP contribution in [0.5, 0.6) is 0 Å². The first-order valence-electron chi connectivity index (χ1n) is 9.63. The predicted octanol–water partition coefficient (Wildman–Crippen LogP) is 3.88. The molecule has 5 N–H and O–H groups in total. The molecule has 0 amide bonds. The van der Waals surface area contributed by atoms with Crippen LogP contribution in [-0.4, -0.2) is 26.3 Å². The Hall–Kier alpha value is -2.22. The minimum absolute atomic E-state index is 0.0246. The third-order valence-corrected chi connectivity index (χ3v) is 6.78. The first kappa shape index (κ1) is 19.1. The minimum Gasteiger partial charge on any atom is -0.399 e. The Labute approximate surface area is 168 Å². The van der Waals surface area contributed by atoms with Crippen LogP contribution in [0.15, 0.2) is 30.6 Å². The smallest absolute Gasteiger partial charge is 0.138 e. The molecular weight excluding hydrogens is 372 g/mol. The number of hydrogen-bond acceptors (Lipinski definition) is 7. The summed E-state index contributed by atoms with van der Waals surface area (Å²) in [4.78, 5) is 10.6. The first-order valence-corrected chi connectivity index (χ1v) is 10.4. The van der Waals surface area contributed by atoms with Gasteiger partial charge in [-0.25, -0.2) is 9.97 Å². The normalized spacial score (nSPS) is 23.6. The maximum atomic E-state index is 11.1. The van der Waals surface area contributed by atoms with E-state index in [2.05, 4.69) is 28.3 Å². The van der Waals surface area contributed by atoms with Crippen LogP contribution < -0.4 is 11.1 Å². The zero-order valence-corrected chi connectivity index (χ0v) is 17.0. The molecule has 148 valence electrons. The van der Waals surface area contributed by atoms with Crippen LogP contribution in [0.1, 0.15) is 54.7 Å². The van der Waals surface area contributed by atoms with Gasteiger partial charge in [-0.05, 0) is 68.9 Å². The molecule has 0 bridgehead atoms. The fraction of sp³-hybridized carbons (Fsp3) is 0.429. The van der Waals surface area contributed by atoms with Crippen molar-refractivity contribution in [3.8, 4) is 0 Å². The van der Waals surface area contributed by atoms with E-state index >= 15 is 0 Å². The van der Waals surface area contributed by atoms with E-state index in [4.69, 9.17) is 5.73 Å². The van der Waals surface area contributed by atoms with Gasteiger partial charge in [-0.3, -0.25) is 0 Å². The second-order valence-electron chi connectivity index (χ2n) is 7.86. The van der Waals surface area contributed by atoms with Crippen molar-refractivity contribution in [2.45, 2.75) is 57.3 Å². The Kier molecular flexibility index (Phi) is 4.99. The van der Waals surface area contributed by atoms with Gasteiger partial charge in [-0.1, -0.05) is 6.07 Å². The highest BCUT2D eigenvalue weighted by molar-refractivity contribution is 7.18. The van der Waals surface area contributed by atoms with E-state index in [0.29, 0.717) is 25.7 Å². The quantitative estimate of drug-likeness (QED) is 0.497. The van der Waals surface area contributed by atoms with Gasteiger partial charge in [0.2, 0.25) is 0 Å². The number of nitrogens with two attached hydrogens (primary N) is 1. The molecule has 2 aromatic heterocycles. The lowest BCUT2D eigenvalue weighted by molar-refractivity contribution is -0.0334. The number of benzene rings is 1. The van der Waals surface area contributed by atoms with Crippen molar-refractivity contribution in [1.29, 1.82) is 0 Å². The van der Waals surface area contributed by atoms with Crippen LogP contribution in [0.3, 0.4) is 0 Å². The summed E-state index contributed by atoms with van der Waals surface area (Å²) in [5, 5.41) is 25.2. The summed E-state index contributed by atoms with van der Waals surface area (Å²) in [6.07, 6.45) is 3.61. The van der Waals surface area contributed by atoms with Gasteiger partial charge in [-0.15, -0.1) is 11.3 Å². The lowest BCUT2D eigenvalue weighted by Crippen LogP contribution is -2.32. The van der Waals surface area contributed by atoms with Crippen molar-refractivity contribution < 1.29 is 10.2 Å². The molecule has 0 spiro atoms. The van der Waals surface area contributed by atoms with Crippen LogP contribution >= 0.6 is 11.3 Å². The Morgan fingerprint density at radius 1 is 1.21 bits per heavy atom. The lowest BCUT2D eigenvalue weighted by atomic mass is 9.82. The summed E-state index contributed by atoms with van der Waals surface area (Å²) in [5.41, 5.74) is 8.07. The van der Waals surface area contributed by atoms with Crippen molar-refractivity contribution in [3.05, 3.63) is 46.6 Å². The first-order chi connectivity index (χ1) is 13.3. The standard InChI is InChI=1S/C21H26N4O2S/c1-12-7-14(9-15(22)8-12)13(2)25-19-17-10-18(28-20(17)24-11-23-19)21(27)5-3-16(26)4-6-21/h7-11,13,16,26-27H,3-6,22H2,1-2H3,(H,23,24,25)/t13-,16?,21?/m1/s1. The molecule has 0 unspecified atom stereocenters. The van der Waals surface area contributed by atoms with E-state index in [-0.39, 0.29) is 12.1 Å². The van der Waals surface area contributed by atoms with E-state index in [1.165, 1.54) is 11.3 Å². The molecular formula is C21H26N4O2S. The summed E-state index contributed by atoms with van der Waals surface area (Å²) in [7, 11) is 0. The molecule has 3 aromatic rings. The van der Waals surface area contributed by atoms with E-state index in [1.807, 2.05) is 25.1 Å². The number of aliphatic hydroxyl groups excluding tert-OH is 1. The summed E-state index contributed by atoms with van der Waals surface area (Å²) in [6, 6.07) is 8.06. The van der Waals surface area contributed by atoms with Crippen LogP contribution in [0.25, 0.3) is 10.2 Å². The molecule has 1 aliphatic rings. The third-order valence-electron chi connectivity index (χ3n) is 5.55. The van der Waals surface area contributed by atoms with Gasteiger partial charge in [0.05, 0.1) is 23.1 Å². The molecule has 1 atom stereocenters. The molecule has 1 fully saturated rings. The van der Waals surface area contributed by atoms with Gasteiger partial charge in [0.15, 0.2) is 0 Å². The third kappa shape index (κ3) is 3.70. The number of anilines is 2. The zero-order valence-electron chi connectivity index (χ0n) is 16.1. The van der Waals surface area contributed by atoms with Crippen LogP contribution in [0.4, 0.5) is 11.5 Å². The Bertz CT molecular complexity index is 975. The largest absolute Gasteiger partial charge is 0.399 e. The summed E-state index contributed by atoms with van der Waals surface area (Å²) in [5.74, 6) is 0.750. The van der Waals surface area contributed by atoms with Gasteiger partial charge in [0.25, 0.3) is 0 Å². The number of aromatic nitrogens is 2. The Balaban J connectivity index is 1.64. The van der Waals surface area contributed by atoms with E-state index in [1.54, 1.807) is 6.33 Å². The number of aryl methyl sites for hydroxylation is 1. The van der Waals surface area contributed by atoms with Gasteiger partial charge in [0, 0.05) is 10.6 Å². The highest BCUT2D eigenvalue weighted by Crippen LogP contribution is 2.43. The molecule has 7 heteroatoms. The average molecular weight is 399 g/mol. The Morgan fingerprint density at radius 2 is 1.96 bits per heavy atom. The van der Waals surface area contributed by atoms with Crippen molar-refractivity contribution in [1.82, 2.24) is 9.97 Å². The van der Waals surface area contributed by atoms with E-state index < -0.39 is 5.60 Å². The molecule has 1 aliphatic carbocycles. The summed E-state index contributed by atoms with van der Waals surface area (Å²) in [6.45, 7) is 4.11. The topological polar surface area (TPSA) is 104 Å². The SMILES string of the molecule is Cc1cc(N)cc([C@@H](C)Nc2ncnc3sc(C4(O)CCC(O)CC4)cc23)c1. The molecule has 1 saturated carbocycles. The number of fused-ring (bicyclic) bond motifs is 1. The molecule has 4 rings (SSSR count).